The van der Waals surface area contributed by atoms with Crippen molar-refractivity contribution in [1.29, 1.82) is 0 Å². The Hall–Kier alpha value is -4.93. The molecule has 0 amide bonds. The van der Waals surface area contributed by atoms with E-state index in [1.165, 1.54) is 20.2 Å². The van der Waals surface area contributed by atoms with Gasteiger partial charge in [0.15, 0.2) is 5.65 Å². The number of imidazole rings is 1. The van der Waals surface area contributed by atoms with Gasteiger partial charge in [-0.1, -0.05) is 91.0 Å². The molecule has 0 bridgehead atoms. The minimum atomic E-state index is 0.919. The fraction of sp³-hybridized carbons (Fsp3) is 0. The average molecular weight is 517 g/mol. The number of nitrogens with zero attached hydrogens (tertiary/aromatic N) is 2. The summed E-state index contributed by atoms with van der Waals surface area (Å²) in [6, 6.07) is 42.9. The molecule has 0 saturated heterocycles. The van der Waals surface area contributed by atoms with E-state index in [1.807, 2.05) is 23.5 Å². The van der Waals surface area contributed by atoms with Gasteiger partial charge in [-0.2, -0.15) is 0 Å². The summed E-state index contributed by atoms with van der Waals surface area (Å²) in [5.74, 6) is 0. The Morgan fingerprint density at radius 3 is 2.28 bits per heavy atom. The van der Waals surface area contributed by atoms with E-state index in [9.17, 15) is 0 Å². The maximum atomic E-state index is 6.32. The summed E-state index contributed by atoms with van der Waals surface area (Å²) in [6.07, 6.45) is 0. The van der Waals surface area contributed by atoms with Crippen LogP contribution in [0.2, 0.25) is 0 Å². The molecular weight excluding hydrogens is 496 g/mol. The summed E-state index contributed by atoms with van der Waals surface area (Å²) in [5, 5.41) is 4.83. The van der Waals surface area contributed by atoms with Crippen LogP contribution in [0.4, 0.5) is 0 Å². The third-order valence-corrected chi connectivity index (χ3v) is 9.00. The van der Waals surface area contributed by atoms with E-state index in [4.69, 9.17) is 9.40 Å². The Morgan fingerprint density at radius 2 is 1.36 bits per heavy atom. The highest BCUT2D eigenvalue weighted by atomic mass is 32.1. The average Bonchev–Trinajstić information content (AvgIpc) is 3.68. The summed E-state index contributed by atoms with van der Waals surface area (Å²) in [7, 11) is 0. The molecule has 0 N–H and O–H groups in total. The van der Waals surface area contributed by atoms with Crippen molar-refractivity contribution in [3.05, 3.63) is 121 Å². The summed E-state index contributed by atoms with van der Waals surface area (Å²) in [6.45, 7) is 0. The molecule has 0 unspecified atom stereocenters. The maximum Gasteiger partial charge on any atom is 0.156 e. The van der Waals surface area contributed by atoms with Crippen LogP contribution in [-0.4, -0.2) is 9.38 Å². The van der Waals surface area contributed by atoms with Crippen molar-refractivity contribution in [3.8, 4) is 22.4 Å². The number of benzene rings is 5. The van der Waals surface area contributed by atoms with Crippen molar-refractivity contribution in [2.75, 3.05) is 0 Å². The Kier molecular flexibility index (Phi) is 4.21. The zero-order valence-corrected chi connectivity index (χ0v) is 21.6. The van der Waals surface area contributed by atoms with Gasteiger partial charge in [0.25, 0.3) is 0 Å². The van der Waals surface area contributed by atoms with Crippen LogP contribution < -0.4 is 0 Å². The molecule has 9 rings (SSSR count). The van der Waals surface area contributed by atoms with Gasteiger partial charge in [0.05, 0.1) is 21.4 Å². The predicted molar refractivity (Wildman–Crippen MR) is 164 cm³/mol. The molecule has 0 saturated carbocycles. The first-order valence-corrected chi connectivity index (χ1v) is 13.9. The zero-order chi connectivity index (χ0) is 25.5. The summed E-state index contributed by atoms with van der Waals surface area (Å²) < 4.78 is 11.2. The van der Waals surface area contributed by atoms with Gasteiger partial charge in [-0.15, -0.1) is 11.3 Å². The SMILES string of the molecule is c1ccc2c(c1)nc1c3sc4ccccc4c3cc(-c3ccc(-c4cccc5c4oc4ccccc45)cc3)n21. The third kappa shape index (κ3) is 2.95. The van der Waals surface area contributed by atoms with Crippen LogP contribution in [0.1, 0.15) is 0 Å². The highest BCUT2D eigenvalue weighted by Crippen LogP contribution is 2.41. The van der Waals surface area contributed by atoms with Gasteiger partial charge in [-0.3, -0.25) is 4.40 Å². The van der Waals surface area contributed by atoms with Gasteiger partial charge in [-0.25, -0.2) is 4.98 Å². The minimum absolute atomic E-state index is 0.919. The molecule has 9 aromatic rings. The normalized spacial score (nSPS) is 12.1. The molecule has 39 heavy (non-hydrogen) atoms. The fourth-order valence-corrected chi connectivity index (χ4v) is 7.17. The smallest absolute Gasteiger partial charge is 0.156 e. The van der Waals surface area contributed by atoms with Gasteiger partial charge in [0, 0.05) is 31.8 Å². The molecule has 0 aliphatic rings. The second kappa shape index (κ2) is 7.79. The summed E-state index contributed by atoms with van der Waals surface area (Å²) in [5.41, 5.74) is 9.54. The molecule has 4 heterocycles. The van der Waals surface area contributed by atoms with Crippen molar-refractivity contribution in [1.82, 2.24) is 9.38 Å². The summed E-state index contributed by atoms with van der Waals surface area (Å²) in [4.78, 5) is 5.11. The number of hydrogen-bond acceptors (Lipinski definition) is 3. The fourth-order valence-electron chi connectivity index (χ4n) is 6.01. The molecule has 0 radical (unpaired) electrons. The molecule has 4 aromatic heterocycles. The topological polar surface area (TPSA) is 30.4 Å². The second-order valence-electron chi connectivity index (χ2n) is 9.99. The van der Waals surface area contributed by atoms with Crippen LogP contribution in [0, 0.1) is 0 Å². The molecule has 3 nitrogen and oxygen atoms in total. The van der Waals surface area contributed by atoms with Crippen LogP contribution in [-0.2, 0) is 0 Å². The third-order valence-electron chi connectivity index (χ3n) is 7.82. The van der Waals surface area contributed by atoms with E-state index in [2.05, 4.69) is 114 Å². The molecule has 0 fully saturated rings. The Balaban J connectivity index is 1.29. The zero-order valence-electron chi connectivity index (χ0n) is 20.8. The lowest BCUT2D eigenvalue weighted by Crippen LogP contribution is -1.93. The van der Waals surface area contributed by atoms with Crippen LogP contribution >= 0.6 is 11.3 Å². The molecule has 5 aromatic carbocycles. The van der Waals surface area contributed by atoms with E-state index >= 15 is 0 Å². The summed E-state index contributed by atoms with van der Waals surface area (Å²) >= 11 is 1.82. The first-order chi connectivity index (χ1) is 19.3. The Morgan fingerprint density at radius 1 is 0.615 bits per heavy atom. The largest absolute Gasteiger partial charge is 0.455 e. The number of thiophene rings is 1. The lowest BCUT2D eigenvalue weighted by Gasteiger charge is -2.10. The number of furan rings is 1. The molecule has 0 aliphatic heterocycles. The maximum absolute atomic E-state index is 6.32. The van der Waals surface area contributed by atoms with Crippen LogP contribution in [0.5, 0.6) is 0 Å². The van der Waals surface area contributed by atoms with Gasteiger partial charge < -0.3 is 4.42 Å². The monoisotopic (exact) mass is 516 g/mol. The van der Waals surface area contributed by atoms with Crippen molar-refractivity contribution in [3.63, 3.8) is 0 Å². The van der Waals surface area contributed by atoms with E-state index in [1.54, 1.807) is 0 Å². The number of para-hydroxylation sites is 4. The first-order valence-electron chi connectivity index (χ1n) is 13.1. The van der Waals surface area contributed by atoms with Crippen molar-refractivity contribution in [2.45, 2.75) is 0 Å². The van der Waals surface area contributed by atoms with Gasteiger partial charge in [0.2, 0.25) is 0 Å². The molecule has 182 valence electrons. The van der Waals surface area contributed by atoms with Crippen LogP contribution in [0.25, 0.3) is 81.2 Å². The number of pyridine rings is 1. The predicted octanol–water partition coefficient (Wildman–Crippen LogP) is 10.1. The minimum Gasteiger partial charge on any atom is -0.455 e. The number of rotatable bonds is 2. The molecule has 0 spiro atoms. The molecule has 4 heteroatoms. The van der Waals surface area contributed by atoms with Gasteiger partial charge >= 0.3 is 0 Å². The highest BCUT2D eigenvalue weighted by Gasteiger charge is 2.18. The lowest BCUT2D eigenvalue weighted by molar-refractivity contribution is 0.670. The number of fused-ring (bicyclic) bond motifs is 10. The van der Waals surface area contributed by atoms with Gasteiger partial charge in [-0.05, 0) is 41.5 Å². The van der Waals surface area contributed by atoms with E-state index < -0.39 is 0 Å². The lowest BCUT2D eigenvalue weighted by atomic mass is 10.00. The van der Waals surface area contributed by atoms with E-state index in [0.717, 1.165) is 61.0 Å². The molecule has 0 atom stereocenters. The van der Waals surface area contributed by atoms with E-state index in [0.29, 0.717) is 0 Å². The standard InChI is InChI=1S/C35H20N2OS/c1-5-14-31-24(8-1)26-11-7-10-23(33(26)38-31)21-16-18-22(19-17-21)30-20-27-25-9-2-6-15-32(25)39-34(27)35-36-28-12-3-4-13-29(28)37(30)35/h1-20H. The van der Waals surface area contributed by atoms with Crippen LogP contribution in [0.3, 0.4) is 0 Å². The molecule has 0 aliphatic carbocycles. The van der Waals surface area contributed by atoms with Gasteiger partial charge in [0.1, 0.15) is 11.2 Å². The van der Waals surface area contributed by atoms with Crippen molar-refractivity contribution in [2.24, 2.45) is 0 Å². The molecular formula is C35H20N2OS. The van der Waals surface area contributed by atoms with Crippen LogP contribution in [0.15, 0.2) is 126 Å². The van der Waals surface area contributed by atoms with E-state index in [-0.39, 0.29) is 0 Å². The second-order valence-corrected chi connectivity index (χ2v) is 11.0. The quantitative estimate of drug-likeness (QED) is 0.229. The highest BCUT2D eigenvalue weighted by molar-refractivity contribution is 7.26. The van der Waals surface area contributed by atoms with Crippen molar-refractivity contribution < 1.29 is 4.42 Å². The Bertz CT molecular complexity index is 2390. The Labute approximate surface area is 227 Å². The van der Waals surface area contributed by atoms with Crippen molar-refractivity contribution >= 4 is 70.1 Å². The first kappa shape index (κ1) is 21.1. The number of aromatic nitrogens is 2. The number of hydrogen-bond donors (Lipinski definition) is 0.